The molecule has 95 heavy (non-hydrogen) atoms. The number of hydrogen-bond donors (Lipinski definition) is 5. The van der Waals surface area contributed by atoms with Gasteiger partial charge < -0.3 is 64.7 Å². The van der Waals surface area contributed by atoms with Gasteiger partial charge in [0, 0.05) is 129 Å². The van der Waals surface area contributed by atoms with E-state index in [1.54, 1.807) is 22.7 Å². The second kappa shape index (κ2) is 26.8. The first-order valence-corrected chi connectivity index (χ1v) is 34.9. The van der Waals surface area contributed by atoms with Gasteiger partial charge in [0.15, 0.2) is 15.9 Å². The lowest BCUT2D eigenvalue weighted by Crippen LogP contribution is -2.30. The summed E-state index contributed by atoms with van der Waals surface area (Å²) in [6.07, 6.45) is 7.83. The van der Waals surface area contributed by atoms with Crippen molar-refractivity contribution in [2.45, 2.75) is 109 Å². The summed E-state index contributed by atoms with van der Waals surface area (Å²) in [5.74, 6) is 2.61. The summed E-state index contributed by atoms with van der Waals surface area (Å²) in [5.41, 5.74) is 18.7. The number of hydrogen-bond acceptors (Lipinski definition) is 23. The van der Waals surface area contributed by atoms with E-state index in [1.165, 1.54) is 37.8 Å². The molecule has 9 aliphatic rings. The Bertz CT molecular complexity index is 4110. The molecule has 3 saturated heterocycles. The van der Waals surface area contributed by atoms with Crippen molar-refractivity contribution in [1.29, 1.82) is 0 Å². The number of carboxylic acid groups (broad SMARTS) is 1. The maximum absolute atomic E-state index is 12.4. The van der Waals surface area contributed by atoms with Crippen LogP contribution in [0.1, 0.15) is 131 Å². The van der Waals surface area contributed by atoms with Gasteiger partial charge in [0.05, 0.1) is 48.4 Å². The number of aromatic nitrogens is 7. The van der Waals surface area contributed by atoms with Crippen LogP contribution in [0.5, 0.6) is 0 Å². The molecule has 6 aliphatic heterocycles. The van der Waals surface area contributed by atoms with E-state index < -0.39 is 5.97 Å². The molecule has 3 aliphatic carbocycles. The summed E-state index contributed by atoms with van der Waals surface area (Å²) in [4.78, 5) is 86.5. The zero-order valence-corrected chi connectivity index (χ0v) is 55.8. The zero-order chi connectivity index (χ0) is 65.9. The van der Waals surface area contributed by atoms with Gasteiger partial charge >= 0.3 is 5.97 Å². The van der Waals surface area contributed by atoms with E-state index in [9.17, 15) is 29.4 Å². The van der Waals surface area contributed by atoms with E-state index in [4.69, 9.17) is 45.0 Å². The predicted molar refractivity (Wildman–Crippen MR) is 353 cm³/mol. The molecular formula is C67H75N15O10S3. The van der Waals surface area contributed by atoms with Crippen molar-refractivity contribution in [3.8, 4) is 44.6 Å². The van der Waals surface area contributed by atoms with Crippen LogP contribution in [0.2, 0.25) is 0 Å². The Morgan fingerprint density at radius 2 is 0.979 bits per heavy atom. The summed E-state index contributed by atoms with van der Waals surface area (Å²) in [6.45, 7) is 9.24. The third-order valence-corrected chi connectivity index (χ3v) is 23.0. The van der Waals surface area contributed by atoms with E-state index in [1.807, 2.05) is 58.1 Å². The molecule has 6 atom stereocenters. The van der Waals surface area contributed by atoms with Crippen LogP contribution < -0.4 is 5.73 Å². The Morgan fingerprint density at radius 1 is 0.568 bits per heavy atom. The van der Waals surface area contributed by atoms with Crippen LogP contribution in [-0.4, -0.2) is 188 Å². The average Bonchev–Trinajstić information content (AvgIpc) is 1.61. The zero-order valence-electron chi connectivity index (χ0n) is 53.3. The van der Waals surface area contributed by atoms with Crippen LogP contribution in [-0.2, 0) is 72.5 Å². The third kappa shape index (κ3) is 12.2. The van der Waals surface area contributed by atoms with Gasteiger partial charge in [0.1, 0.15) is 0 Å². The molecule has 8 aromatic rings. The molecule has 6 unspecified atom stereocenters. The van der Waals surface area contributed by atoms with Gasteiger partial charge in [-0.2, -0.15) is 9.97 Å². The van der Waals surface area contributed by atoms with Crippen molar-refractivity contribution in [2.24, 2.45) is 28.6 Å². The molecule has 25 nitrogen and oxygen atoms in total. The standard InChI is InChI=1S/2C22H23N5O3S.C15H19N3O2.C8H10N2O2S/c2*1-26-6-5-16-17(11-26)31-22(23-16)21-24-20(25-30-21)14-4-2-3-13-15(14)9-12-10-18(29)27(7-8-28)19(12)13;1-2-6-18-13(19)8-9-7-12-10(14(9)18)4-3-5-11(12)15(16)17-20;1-10-3-2-5-6(4-10)13-7(9-5)8(11)12/h2*2-4,12,19,28H,5-11H2,1H3;3-5,9,14,20H,2,6-8H2,1H3,(H2,16,17);2-4H2,1H3,(H,11,12). The van der Waals surface area contributed by atoms with Gasteiger partial charge in [-0.3, -0.25) is 14.4 Å². The van der Waals surface area contributed by atoms with Crippen LogP contribution in [0.15, 0.2) is 68.8 Å². The van der Waals surface area contributed by atoms with Gasteiger partial charge in [-0.1, -0.05) is 77.0 Å². The highest BCUT2D eigenvalue weighted by Gasteiger charge is 2.49. The van der Waals surface area contributed by atoms with E-state index in [0.717, 1.165) is 156 Å². The number of aromatic carboxylic acids is 1. The fourth-order valence-electron chi connectivity index (χ4n) is 15.6. The van der Waals surface area contributed by atoms with E-state index in [2.05, 4.69) is 74.4 Å². The minimum atomic E-state index is -0.915. The molecule has 3 fully saturated rings. The number of carbonyl (C=O) groups excluding carboxylic acids is 3. The summed E-state index contributed by atoms with van der Waals surface area (Å²) in [6, 6.07) is 18.3. The molecule has 0 spiro atoms. The monoisotopic (exact) mass is 1350 g/mol. The molecule has 11 heterocycles. The lowest BCUT2D eigenvalue weighted by molar-refractivity contribution is -0.130. The number of carboxylic acids is 1. The summed E-state index contributed by atoms with van der Waals surface area (Å²) in [5, 5.41) is 49.9. The van der Waals surface area contributed by atoms with Crippen molar-refractivity contribution in [2.75, 3.05) is 73.6 Å². The van der Waals surface area contributed by atoms with Gasteiger partial charge in [0.2, 0.25) is 34.4 Å². The second-order valence-electron chi connectivity index (χ2n) is 25.9. The van der Waals surface area contributed by atoms with Crippen LogP contribution in [0.25, 0.3) is 44.6 Å². The van der Waals surface area contributed by atoms with E-state index in [0.29, 0.717) is 61.7 Å². The van der Waals surface area contributed by atoms with Crippen molar-refractivity contribution in [3.05, 3.63) is 130 Å². The summed E-state index contributed by atoms with van der Waals surface area (Å²) >= 11 is 4.55. The molecule has 496 valence electrons. The number of fused-ring (bicyclic) bond motifs is 12. The maximum Gasteiger partial charge on any atom is 0.365 e. The number of aliphatic hydroxyl groups is 2. The largest absolute Gasteiger partial charge is 0.476 e. The lowest BCUT2D eigenvalue weighted by atomic mass is 10.0. The highest BCUT2D eigenvalue weighted by atomic mass is 32.1. The average molecular weight is 1350 g/mol. The number of thiazole rings is 3. The Balaban J connectivity index is 0.000000114. The van der Waals surface area contributed by atoms with Gasteiger partial charge in [-0.25, -0.2) is 19.7 Å². The fourth-order valence-corrected chi connectivity index (χ4v) is 18.8. The SMILES string of the molecule is CCCN1C(=O)CC2Cc3c(/C(N)=N/O)cccc3C21.CN1CCc2nc(-c3nc(-c4cccc5c4CC4CC(=O)N(CCO)C54)no3)sc2C1.CN1CCc2nc(-c3nc(-c4cccc5c4CC4CC(=O)N(CCO)C54)no3)sc2C1.CN1CCc2nc(C(=O)O)sc2C1. The number of aliphatic hydroxyl groups excluding tert-OH is 2. The lowest BCUT2D eigenvalue weighted by Gasteiger charge is -2.24. The van der Waals surface area contributed by atoms with E-state index >= 15 is 0 Å². The van der Waals surface area contributed by atoms with Crippen LogP contribution in [0, 0.1) is 17.8 Å². The smallest absolute Gasteiger partial charge is 0.365 e. The molecule has 0 radical (unpaired) electrons. The number of oxime groups is 1. The Labute approximate surface area is 559 Å². The molecular weight excluding hydrogens is 1270 g/mol. The second-order valence-corrected chi connectivity index (χ2v) is 29.2. The molecule has 6 N–H and O–H groups in total. The van der Waals surface area contributed by atoms with Crippen molar-refractivity contribution in [3.63, 3.8) is 0 Å². The minimum absolute atomic E-state index is 0.0221. The molecule has 3 aromatic carbocycles. The van der Waals surface area contributed by atoms with Crippen molar-refractivity contribution >= 4 is 63.5 Å². The van der Waals surface area contributed by atoms with Gasteiger partial charge in [-0.15, -0.1) is 34.0 Å². The number of nitrogens with two attached hydrogens (primary N) is 1. The van der Waals surface area contributed by atoms with Crippen LogP contribution >= 0.6 is 34.0 Å². The van der Waals surface area contributed by atoms with Crippen LogP contribution in [0.4, 0.5) is 0 Å². The van der Waals surface area contributed by atoms with Crippen molar-refractivity contribution in [1.82, 2.24) is 64.6 Å². The quantitative estimate of drug-likeness (QED) is 0.0354. The topological polar surface area (TPSA) is 324 Å². The molecule has 17 rings (SSSR count). The normalized spacial score (nSPS) is 22.4. The van der Waals surface area contributed by atoms with Crippen LogP contribution in [0.3, 0.4) is 0 Å². The van der Waals surface area contributed by atoms with Gasteiger partial charge in [-0.05, 0) is 98.0 Å². The number of benzene rings is 3. The number of amides is 3. The molecule has 0 saturated carbocycles. The number of likely N-dealkylation sites (N-methyl/N-ethyl adjacent to an activating group) is 3. The Kier molecular flexibility index (Phi) is 18.1. The van der Waals surface area contributed by atoms with E-state index in [-0.39, 0.29) is 71.7 Å². The number of amidine groups is 1. The molecule has 3 amide bonds. The highest BCUT2D eigenvalue weighted by Crippen LogP contribution is 2.52. The highest BCUT2D eigenvalue weighted by molar-refractivity contribution is 7.15. The summed E-state index contributed by atoms with van der Waals surface area (Å²) in [7, 11) is 6.27. The minimum Gasteiger partial charge on any atom is -0.476 e. The Morgan fingerprint density at radius 3 is 1.41 bits per heavy atom. The number of carbonyl (C=O) groups is 4. The summed E-state index contributed by atoms with van der Waals surface area (Å²) < 4.78 is 11.2. The first kappa shape index (κ1) is 64.1. The number of β-amino-alcohol motifs (C(OH)–C–C–N with tert-alkyl or cyclic N) is 2. The van der Waals surface area contributed by atoms with Crippen molar-refractivity contribution < 1.29 is 48.8 Å². The predicted octanol–water partition coefficient (Wildman–Crippen LogP) is 7.04. The first-order chi connectivity index (χ1) is 46.1. The van der Waals surface area contributed by atoms with Gasteiger partial charge in [0.25, 0.3) is 11.8 Å². The number of nitrogens with zero attached hydrogens (tertiary/aromatic N) is 14. The Hall–Kier alpha value is -8.22. The fraction of sp³-hybridized carbons (Fsp3) is 0.463. The first-order valence-electron chi connectivity index (χ1n) is 32.4. The molecule has 5 aromatic heterocycles. The number of rotatable bonds is 12. The third-order valence-electron chi connectivity index (χ3n) is 19.8. The maximum atomic E-state index is 12.4. The molecule has 0 bridgehead atoms. The molecule has 28 heteroatoms. The number of likely N-dealkylation sites (tertiary alicyclic amines) is 3.